The number of hydrogen-bond acceptors (Lipinski definition) is 4. The Hall–Kier alpha value is -0.610. The number of nitrogens with one attached hydrogen (secondary N) is 1. The summed E-state index contributed by atoms with van der Waals surface area (Å²) in [5.41, 5.74) is 0. The molecule has 1 N–H and O–H groups in total. The first-order chi connectivity index (χ1) is 7.27. The molecule has 0 aromatic carbocycles. The second kappa shape index (κ2) is 6.80. The topological polar surface area (TPSA) is 41.6 Å². The van der Waals surface area contributed by atoms with Crippen molar-refractivity contribution in [2.24, 2.45) is 0 Å². The maximum atomic E-state index is 11.1. The molecule has 0 aromatic heterocycles. The summed E-state index contributed by atoms with van der Waals surface area (Å²) < 4.78 is 4.66. The zero-order valence-electron chi connectivity index (χ0n) is 9.79. The van der Waals surface area contributed by atoms with E-state index in [0.29, 0.717) is 12.5 Å². The summed E-state index contributed by atoms with van der Waals surface area (Å²) in [6, 6.07) is 0.606. The SMILES string of the molecule is CCCN(CCC(=O)OC)C1CCNC1. The van der Waals surface area contributed by atoms with E-state index in [2.05, 4.69) is 21.9 Å². The Balaban J connectivity index is 2.32. The van der Waals surface area contributed by atoms with Crippen LogP contribution in [0.2, 0.25) is 0 Å². The number of carbonyl (C=O) groups excluding carboxylic acids is 1. The molecule has 4 heteroatoms. The van der Waals surface area contributed by atoms with Crippen LogP contribution >= 0.6 is 0 Å². The lowest BCUT2D eigenvalue weighted by molar-refractivity contribution is -0.141. The highest BCUT2D eigenvalue weighted by atomic mass is 16.5. The zero-order chi connectivity index (χ0) is 11.1. The molecule has 0 spiro atoms. The summed E-state index contributed by atoms with van der Waals surface area (Å²) in [5, 5.41) is 3.35. The number of ether oxygens (including phenoxy) is 1. The fourth-order valence-electron chi connectivity index (χ4n) is 2.05. The van der Waals surface area contributed by atoms with Gasteiger partial charge in [-0.05, 0) is 25.9 Å². The van der Waals surface area contributed by atoms with E-state index in [1.165, 1.54) is 13.5 Å². The van der Waals surface area contributed by atoms with Crippen molar-refractivity contribution in [2.45, 2.75) is 32.2 Å². The molecule has 1 atom stereocenters. The molecule has 0 bridgehead atoms. The molecule has 1 fully saturated rings. The lowest BCUT2D eigenvalue weighted by atomic mass is 10.2. The van der Waals surface area contributed by atoms with E-state index in [1.807, 2.05) is 0 Å². The second-order valence-corrected chi connectivity index (χ2v) is 4.01. The normalized spacial score (nSPS) is 20.9. The van der Waals surface area contributed by atoms with Gasteiger partial charge in [0.1, 0.15) is 0 Å². The van der Waals surface area contributed by atoms with Crippen LogP contribution in [0, 0.1) is 0 Å². The molecule has 0 aliphatic carbocycles. The van der Waals surface area contributed by atoms with Gasteiger partial charge in [-0.15, -0.1) is 0 Å². The summed E-state index contributed by atoms with van der Waals surface area (Å²) >= 11 is 0. The summed E-state index contributed by atoms with van der Waals surface area (Å²) in [5.74, 6) is -0.109. The van der Waals surface area contributed by atoms with Crippen LogP contribution in [-0.2, 0) is 9.53 Å². The minimum Gasteiger partial charge on any atom is -0.469 e. The van der Waals surface area contributed by atoms with Crippen molar-refractivity contribution in [1.29, 1.82) is 0 Å². The highest BCUT2D eigenvalue weighted by Crippen LogP contribution is 2.09. The molecular formula is C11H22N2O2. The monoisotopic (exact) mass is 214 g/mol. The lowest BCUT2D eigenvalue weighted by Gasteiger charge is -2.27. The number of carbonyl (C=O) groups is 1. The maximum absolute atomic E-state index is 11.1. The van der Waals surface area contributed by atoms with E-state index in [9.17, 15) is 4.79 Å². The van der Waals surface area contributed by atoms with E-state index >= 15 is 0 Å². The van der Waals surface area contributed by atoms with Crippen molar-refractivity contribution >= 4 is 5.97 Å². The minimum atomic E-state index is -0.109. The lowest BCUT2D eigenvalue weighted by Crippen LogP contribution is -2.38. The highest BCUT2D eigenvalue weighted by Gasteiger charge is 2.21. The molecule has 1 unspecified atom stereocenters. The van der Waals surface area contributed by atoms with Crippen molar-refractivity contribution < 1.29 is 9.53 Å². The Bertz CT molecular complexity index is 191. The number of esters is 1. The van der Waals surface area contributed by atoms with Gasteiger partial charge in [-0.3, -0.25) is 9.69 Å². The van der Waals surface area contributed by atoms with E-state index in [0.717, 1.165) is 32.6 Å². The van der Waals surface area contributed by atoms with Crippen LogP contribution in [0.3, 0.4) is 0 Å². The van der Waals surface area contributed by atoms with Gasteiger partial charge in [0.05, 0.1) is 13.5 Å². The molecule has 1 rings (SSSR count). The molecule has 0 aromatic rings. The average Bonchev–Trinajstić information content (AvgIpc) is 2.76. The first kappa shape index (κ1) is 12.5. The number of nitrogens with zero attached hydrogens (tertiary/aromatic N) is 1. The molecule has 0 radical (unpaired) electrons. The first-order valence-corrected chi connectivity index (χ1v) is 5.79. The summed E-state index contributed by atoms with van der Waals surface area (Å²) in [6.07, 6.45) is 2.84. The van der Waals surface area contributed by atoms with Crippen molar-refractivity contribution in [3.63, 3.8) is 0 Å². The van der Waals surface area contributed by atoms with Crippen LogP contribution < -0.4 is 5.32 Å². The molecule has 1 aliphatic heterocycles. The van der Waals surface area contributed by atoms with Crippen molar-refractivity contribution in [3.05, 3.63) is 0 Å². The van der Waals surface area contributed by atoms with Gasteiger partial charge < -0.3 is 10.1 Å². The van der Waals surface area contributed by atoms with E-state index in [4.69, 9.17) is 0 Å². The Kier molecular flexibility index (Phi) is 5.65. The molecule has 1 saturated heterocycles. The Labute approximate surface area is 92.0 Å². The second-order valence-electron chi connectivity index (χ2n) is 4.01. The molecule has 4 nitrogen and oxygen atoms in total. The molecule has 1 heterocycles. The highest BCUT2D eigenvalue weighted by molar-refractivity contribution is 5.69. The quantitative estimate of drug-likeness (QED) is 0.658. The Morgan fingerprint density at radius 3 is 2.87 bits per heavy atom. The fraction of sp³-hybridized carbons (Fsp3) is 0.909. The predicted octanol–water partition coefficient (Wildman–Crippen LogP) is 0.623. The first-order valence-electron chi connectivity index (χ1n) is 5.79. The van der Waals surface area contributed by atoms with Gasteiger partial charge in [-0.1, -0.05) is 6.92 Å². The fourth-order valence-corrected chi connectivity index (χ4v) is 2.05. The average molecular weight is 214 g/mol. The standard InChI is InChI=1S/C11H22N2O2/c1-3-7-13(8-5-11(14)15-2)10-4-6-12-9-10/h10,12H,3-9H2,1-2H3. The van der Waals surface area contributed by atoms with Gasteiger partial charge in [0.2, 0.25) is 0 Å². The summed E-state index contributed by atoms with van der Waals surface area (Å²) in [7, 11) is 1.45. The molecule has 1 aliphatic rings. The molecule has 0 saturated carbocycles. The number of rotatable bonds is 6. The van der Waals surface area contributed by atoms with Crippen molar-refractivity contribution in [2.75, 3.05) is 33.3 Å². The van der Waals surface area contributed by atoms with Crippen LogP contribution in [0.5, 0.6) is 0 Å². The van der Waals surface area contributed by atoms with E-state index in [-0.39, 0.29) is 5.97 Å². The maximum Gasteiger partial charge on any atom is 0.306 e. The van der Waals surface area contributed by atoms with Crippen molar-refractivity contribution in [1.82, 2.24) is 10.2 Å². The van der Waals surface area contributed by atoms with Gasteiger partial charge >= 0.3 is 5.97 Å². The number of hydrogen-bond donors (Lipinski definition) is 1. The van der Waals surface area contributed by atoms with Crippen LogP contribution in [0.15, 0.2) is 0 Å². The van der Waals surface area contributed by atoms with Gasteiger partial charge in [0.25, 0.3) is 0 Å². The van der Waals surface area contributed by atoms with Gasteiger partial charge in [-0.2, -0.15) is 0 Å². The van der Waals surface area contributed by atoms with Crippen LogP contribution in [0.25, 0.3) is 0 Å². The number of methoxy groups -OCH3 is 1. The third kappa shape index (κ3) is 4.18. The van der Waals surface area contributed by atoms with E-state index in [1.54, 1.807) is 0 Å². The van der Waals surface area contributed by atoms with Crippen LogP contribution in [0.1, 0.15) is 26.2 Å². The zero-order valence-corrected chi connectivity index (χ0v) is 9.79. The van der Waals surface area contributed by atoms with Crippen LogP contribution in [0.4, 0.5) is 0 Å². The van der Waals surface area contributed by atoms with Crippen LogP contribution in [-0.4, -0.2) is 50.2 Å². The Morgan fingerprint density at radius 2 is 2.33 bits per heavy atom. The summed E-state index contributed by atoms with van der Waals surface area (Å²) in [4.78, 5) is 13.5. The summed E-state index contributed by atoms with van der Waals surface area (Å²) in [6.45, 7) is 6.23. The Morgan fingerprint density at radius 1 is 1.53 bits per heavy atom. The van der Waals surface area contributed by atoms with E-state index < -0.39 is 0 Å². The smallest absolute Gasteiger partial charge is 0.306 e. The molecule has 0 amide bonds. The molecular weight excluding hydrogens is 192 g/mol. The van der Waals surface area contributed by atoms with Gasteiger partial charge in [0.15, 0.2) is 0 Å². The third-order valence-electron chi connectivity index (χ3n) is 2.89. The predicted molar refractivity (Wildman–Crippen MR) is 59.8 cm³/mol. The van der Waals surface area contributed by atoms with Crippen molar-refractivity contribution in [3.8, 4) is 0 Å². The molecule has 15 heavy (non-hydrogen) atoms. The minimum absolute atomic E-state index is 0.109. The molecule has 88 valence electrons. The largest absolute Gasteiger partial charge is 0.469 e. The van der Waals surface area contributed by atoms with Gasteiger partial charge in [-0.25, -0.2) is 0 Å². The third-order valence-corrected chi connectivity index (χ3v) is 2.89. The van der Waals surface area contributed by atoms with Gasteiger partial charge in [0, 0.05) is 19.1 Å².